The maximum Gasteiger partial charge on any atom is 0.327 e. The molecule has 0 saturated heterocycles. The summed E-state index contributed by atoms with van der Waals surface area (Å²) in [4.78, 5) is 27.5. The zero-order chi connectivity index (χ0) is 14.6. The highest BCUT2D eigenvalue weighted by Crippen LogP contribution is 2.11. The molecule has 0 aliphatic carbocycles. The molecular formula is C15H22N2O2. The van der Waals surface area contributed by atoms with Gasteiger partial charge in [-0.2, -0.15) is 0 Å². The second-order valence-electron chi connectivity index (χ2n) is 5.11. The first-order valence-corrected chi connectivity index (χ1v) is 6.51. The van der Waals surface area contributed by atoms with E-state index in [0.29, 0.717) is 5.56 Å². The minimum Gasteiger partial charge on any atom is -0.319 e. The van der Waals surface area contributed by atoms with Crippen molar-refractivity contribution in [3.63, 3.8) is 0 Å². The highest BCUT2D eigenvalue weighted by atomic mass is 16.2. The number of hydrogen-bond acceptors (Lipinski definition) is 2. The molecule has 0 aromatic heterocycles. The number of carbonyl (C=O) groups is 2. The van der Waals surface area contributed by atoms with Crippen molar-refractivity contribution < 1.29 is 9.59 Å². The SMILES string of the molecule is CC(C)N(C(=O)N(C)C(=O)c1ccccc1)C(C)C. The predicted octanol–water partition coefficient (Wildman–Crippen LogP) is 3.00. The van der Waals surface area contributed by atoms with Gasteiger partial charge in [-0.1, -0.05) is 18.2 Å². The Bertz CT molecular complexity index is 433. The number of nitrogens with zero attached hydrogens (tertiary/aromatic N) is 2. The van der Waals surface area contributed by atoms with Gasteiger partial charge in [-0.15, -0.1) is 0 Å². The topological polar surface area (TPSA) is 40.6 Å². The molecule has 0 bridgehead atoms. The maximum atomic E-state index is 12.4. The summed E-state index contributed by atoms with van der Waals surface area (Å²) in [5, 5.41) is 0. The van der Waals surface area contributed by atoms with Gasteiger partial charge in [-0.05, 0) is 39.8 Å². The van der Waals surface area contributed by atoms with Gasteiger partial charge in [0.2, 0.25) is 0 Å². The zero-order valence-electron chi connectivity index (χ0n) is 12.3. The van der Waals surface area contributed by atoms with E-state index in [0.717, 1.165) is 0 Å². The van der Waals surface area contributed by atoms with E-state index in [-0.39, 0.29) is 24.0 Å². The summed E-state index contributed by atoms with van der Waals surface area (Å²) in [6.45, 7) is 7.77. The summed E-state index contributed by atoms with van der Waals surface area (Å²) in [5.41, 5.74) is 0.519. The molecule has 0 spiro atoms. The molecule has 1 aromatic carbocycles. The van der Waals surface area contributed by atoms with E-state index < -0.39 is 0 Å². The molecule has 0 aliphatic heterocycles. The Morgan fingerprint density at radius 3 is 1.84 bits per heavy atom. The number of amides is 3. The van der Waals surface area contributed by atoms with Gasteiger partial charge in [0.15, 0.2) is 0 Å². The monoisotopic (exact) mass is 262 g/mol. The summed E-state index contributed by atoms with van der Waals surface area (Å²) < 4.78 is 0. The lowest BCUT2D eigenvalue weighted by Crippen LogP contribution is -2.50. The second kappa shape index (κ2) is 6.36. The fourth-order valence-electron chi connectivity index (χ4n) is 2.07. The molecule has 1 rings (SSSR count). The van der Waals surface area contributed by atoms with Gasteiger partial charge in [0, 0.05) is 24.7 Å². The number of urea groups is 1. The molecule has 4 heteroatoms. The summed E-state index contributed by atoms with van der Waals surface area (Å²) in [7, 11) is 1.52. The smallest absolute Gasteiger partial charge is 0.319 e. The van der Waals surface area contributed by atoms with E-state index in [1.807, 2.05) is 33.8 Å². The summed E-state index contributed by atoms with van der Waals surface area (Å²) >= 11 is 0. The lowest BCUT2D eigenvalue weighted by atomic mass is 10.2. The van der Waals surface area contributed by atoms with Crippen molar-refractivity contribution in [1.82, 2.24) is 9.80 Å². The average molecular weight is 262 g/mol. The van der Waals surface area contributed by atoms with Crippen LogP contribution in [0.2, 0.25) is 0 Å². The van der Waals surface area contributed by atoms with Gasteiger partial charge in [0.05, 0.1) is 0 Å². The van der Waals surface area contributed by atoms with Crippen LogP contribution in [0.4, 0.5) is 4.79 Å². The molecule has 0 fully saturated rings. The first-order valence-electron chi connectivity index (χ1n) is 6.51. The van der Waals surface area contributed by atoms with Crippen molar-refractivity contribution >= 4 is 11.9 Å². The van der Waals surface area contributed by atoms with Crippen molar-refractivity contribution in [1.29, 1.82) is 0 Å². The highest BCUT2D eigenvalue weighted by Gasteiger charge is 2.27. The molecule has 0 atom stereocenters. The Morgan fingerprint density at radius 2 is 1.42 bits per heavy atom. The van der Waals surface area contributed by atoms with Gasteiger partial charge >= 0.3 is 6.03 Å². The lowest BCUT2D eigenvalue weighted by molar-refractivity contribution is 0.0763. The Hall–Kier alpha value is -1.84. The lowest BCUT2D eigenvalue weighted by Gasteiger charge is -2.33. The first kappa shape index (κ1) is 15.2. The van der Waals surface area contributed by atoms with E-state index in [4.69, 9.17) is 0 Å². The van der Waals surface area contributed by atoms with E-state index in [2.05, 4.69) is 0 Å². The van der Waals surface area contributed by atoms with E-state index >= 15 is 0 Å². The third-order valence-corrected chi connectivity index (χ3v) is 2.95. The molecule has 3 amide bonds. The largest absolute Gasteiger partial charge is 0.327 e. The van der Waals surface area contributed by atoms with E-state index in [1.165, 1.54) is 11.9 Å². The molecule has 4 nitrogen and oxygen atoms in total. The number of hydrogen-bond donors (Lipinski definition) is 0. The van der Waals surface area contributed by atoms with Crippen LogP contribution in [0.3, 0.4) is 0 Å². The van der Waals surface area contributed by atoms with Crippen LogP contribution in [-0.2, 0) is 0 Å². The van der Waals surface area contributed by atoms with Crippen LogP contribution in [0, 0.1) is 0 Å². The van der Waals surface area contributed by atoms with Crippen molar-refractivity contribution in [3.05, 3.63) is 35.9 Å². The summed E-state index contributed by atoms with van der Waals surface area (Å²) in [6, 6.07) is 8.67. The third-order valence-electron chi connectivity index (χ3n) is 2.95. The Balaban J connectivity index is 2.90. The van der Waals surface area contributed by atoms with Gasteiger partial charge in [0.25, 0.3) is 5.91 Å². The minimum absolute atomic E-state index is 0.0542. The second-order valence-corrected chi connectivity index (χ2v) is 5.11. The molecule has 0 unspecified atom stereocenters. The molecule has 0 aliphatic rings. The minimum atomic E-state index is -0.281. The maximum absolute atomic E-state index is 12.4. The van der Waals surface area contributed by atoms with Gasteiger partial charge in [0.1, 0.15) is 0 Å². The Labute approximate surface area is 115 Å². The van der Waals surface area contributed by atoms with Crippen LogP contribution in [0.5, 0.6) is 0 Å². The van der Waals surface area contributed by atoms with Gasteiger partial charge < -0.3 is 4.90 Å². The molecule has 0 saturated carbocycles. The molecular weight excluding hydrogens is 240 g/mol. The van der Waals surface area contributed by atoms with E-state index in [1.54, 1.807) is 29.2 Å². The molecule has 0 radical (unpaired) electrons. The zero-order valence-corrected chi connectivity index (χ0v) is 12.3. The molecule has 0 N–H and O–H groups in total. The number of carbonyl (C=O) groups excluding carboxylic acids is 2. The molecule has 1 aromatic rings. The third kappa shape index (κ3) is 3.56. The summed E-state index contributed by atoms with van der Waals surface area (Å²) in [6.07, 6.45) is 0. The number of rotatable bonds is 3. The number of benzene rings is 1. The van der Waals surface area contributed by atoms with Gasteiger partial charge in [-0.3, -0.25) is 9.69 Å². The number of imide groups is 1. The molecule has 19 heavy (non-hydrogen) atoms. The van der Waals surface area contributed by atoms with Crippen LogP contribution in [0.15, 0.2) is 30.3 Å². The summed E-state index contributed by atoms with van der Waals surface area (Å²) in [5.74, 6) is -0.281. The van der Waals surface area contributed by atoms with Gasteiger partial charge in [-0.25, -0.2) is 4.79 Å². The van der Waals surface area contributed by atoms with Crippen molar-refractivity contribution in [2.75, 3.05) is 7.05 Å². The van der Waals surface area contributed by atoms with Crippen LogP contribution < -0.4 is 0 Å². The Kier molecular flexibility index (Phi) is 5.10. The van der Waals surface area contributed by atoms with Crippen molar-refractivity contribution in [3.8, 4) is 0 Å². The van der Waals surface area contributed by atoms with Crippen molar-refractivity contribution in [2.24, 2.45) is 0 Å². The highest BCUT2D eigenvalue weighted by molar-refractivity contribution is 6.04. The standard InChI is InChI=1S/C15H22N2O2/c1-11(2)17(12(3)4)15(19)16(5)14(18)13-9-7-6-8-10-13/h6-12H,1-5H3. The van der Waals surface area contributed by atoms with Crippen LogP contribution in [0.1, 0.15) is 38.1 Å². The Morgan fingerprint density at radius 1 is 0.947 bits per heavy atom. The fraction of sp³-hybridized carbons (Fsp3) is 0.467. The fourth-order valence-corrected chi connectivity index (χ4v) is 2.07. The molecule has 104 valence electrons. The average Bonchev–Trinajstić information content (AvgIpc) is 2.37. The van der Waals surface area contributed by atoms with Crippen LogP contribution >= 0.6 is 0 Å². The first-order chi connectivity index (χ1) is 8.86. The quantitative estimate of drug-likeness (QED) is 0.840. The predicted molar refractivity (Wildman–Crippen MR) is 76.0 cm³/mol. The van der Waals surface area contributed by atoms with E-state index in [9.17, 15) is 9.59 Å². The van der Waals surface area contributed by atoms with Crippen LogP contribution in [-0.4, -0.2) is 40.9 Å². The van der Waals surface area contributed by atoms with Crippen LogP contribution in [0.25, 0.3) is 0 Å². The molecule has 0 heterocycles. The van der Waals surface area contributed by atoms with Crippen molar-refractivity contribution in [2.45, 2.75) is 39.8 Å². The normalized spacial score (nSPS) is 10.7.